The van der Waals surface area contributed by atoms with E-state index in [4.69, 9.17) is 17.3 Å². The highest BCUT2D eigenvalue weighted by molar-refractivity contribution is 6.31. The Balaban J connectivity index is 2.74. The summed E-state index contributed by atoms with van der Waals surface area (Å²) in [6, 6.07) is 7.84. The summed E-state index contributed by atoms with van der Waals surface area (Å²) < 4.78 is 0. The zero-order chi connectivity index (χ0) is 11.3. The van der Waals surface area contributed by atoms with Gasteiger partial charge >= 0.3 is 0 Å². The average Bonchev–Trinajstić information content (AvgIpc) is 2.21. The Bertz CT molecular complexity index is 336. The summed E-state index contributed by atoms with van der Waals surface area (Å²) in [5.41, 5.74) is 7.84. The number of nitrogens with two attached hydrogens (primary N) is 1. The molecule has 1 aromatic rings. The Labute approximate surface area is 96.1 Å². The van der Waals surface area contributed by atoms with Gasteiger partial charge in [0.2, 0.25) is 0 Å². The van der Waals surface area contributed by atoms with E-state index in [1.165, 1.54) is 0 Å². The van der Waals surface area contributed by atoms with Crippen molar-refractivity contribution >= 4 is 11.6 Å². The zero-order valence-electron chi connectivity index (χ0n) is 8.96. The highest BCUT2D eigenvalue weighted by Gasteiger charge is 2.11. The number of nitrogens with one attached hydrogen (secondary N) is 1. The van der Waals surface area contributed by atoms with Crippen molar-refractivity contribution in [2.24, 2.45) is 5.73 Å². The van der Waals surface area contributed by atoms with Crippen molar-refractivity contribution in [3.05, 3.63) is 47.0 Å². The lowest BCUT2D eigenvalue weighted by Gasteiger charge is -2.18. The fourth-order valence-electron chi connectivity index (χ4n) is 1.38. The molecular formula is C12H17ClN2. The molecule has 0 saturated carbocycles. The monoisotopic (exact) mass is 224 g/mol. The van der Waals surface area contributed by atoms with Crippen LogP contribution in [0.5, 0.6) is 0 Å². The van der Waals surface area contributed by atoms with E-state index in [1.807, 2.05) is 31.2 Å². The first-order valence-electron chi connectivity index (χ1n) is 4.97. The molecule has 1 rings (SSSR count). The largest absolute Gasteiger partial charge is 0.329 e. The summed E-state index contributed by atoms with van der Waals surface area (Å²) in [5, 5.41) is 4.07. The molecule has 1 aromatic carbocycles. The predicted octanol–water partition coefficient (Wildman–Crippen LogP) is 2.51. The number of halogens is 1. The Morgan fingerprint density at radius 1 is 1.53 bits per heavy atom. The van der Waals surface area contributed by atoms with Gasteiger partial charge in [0.1, 0.15) is 0 Å². The molecule has 1 unspecified atom stereocenters. The van der Waals surface area contributed by atoms with Gasteiger partial charge in [-0.3, -0.25) is 0 Å². The number of hydrogen-bond acceptors (Lipinski definition) is 2. The second-order valence-corrected chi connectivity index (χ2v) is 4.06. The van der Waals surface area contributed by atoms with Crippen LogP contribution in [0.3, 0.4) is 0 Å². The van der Waals surface area contributed by atoms with Crippen LogP contribution in [0, 0.1) is 0 Å². The molecule has 0 spiro atoms. The van der Waals surface area contributed by atoms with Crippen LogP contribution in [0.15, 0.2) is 36.4 Å². The zero-order valence-corrected chi connectivity index (χ0v) is 9.72. The standard InChI is InChI=1S/C12H17ClN2/c1-9(2)8-15-12(7-14)10-5-3-4-6-11(10)13/h3-6,12,15H,1,7-8,14H2,2H3. The van der Waals surface area contributed by atoms with Crippen LogP contribution in [0.4, 0.5) is 0 Å². The maximum Gasteiger partial charge on any atom is 0.0461 e. The first-order chi connectivity index (χ1) is 7.15. The van der Waals surface area contributed by atoms with Gasteiger partial charge in [0.25, 0.3) is 0 Å². The molecule has 15 heavy (non-hydrogen) atoms. The van der Waals surface area contributed by atoms with E-state index in [9.17, 15) is 0 Å². The first kappa shape index (κ1) is 12.2. The third kappa shape index (κ3) is 3.67. The molecule has 0 radical (unpaired) electrons. The van der Waals surface area contributed by atoms with E-state index < -0.39 is 0 Å². The van der Waals surface area contributed by atoms with E-state index in [1.54, 1.807) is 0 Å². The summed E-state index contributed by atoms with van der Waals surface area (Å²) in [6.07, 6.45) is 0. The van der Waals surface area contributed by atoms with Gasteiger partial charge in [-0.25, -0.2) is 0 Å². The topological polar surface area (TPSA) is 38.0 Å². The minimum absolute atomic E-state index is 0.0930. The highest BCUT2D eigenvalue weighted by Crippen LogP contribution is 2.21. The lowest BCUT2D eigenvalue weighted by molar-refractivity contribution is 0.570. The predicted molar refractivity (Wildman–Crippen MR) is 66.1 cm³/mol. The molecule has 0 saturated heterocycles. The van der Waals surface area contributed by atoms with Crippen LogP contribution in [-0.4, -0.2) is 13.1 Å². The molecule has 0 bridgehead atoms. The molecule has 82 valence electrons. The average molecular weight is 225 g/mol. The SMILES string of the molecule is C=C(C)CNC(CN)c1ccccc1Cl. The minimum Gasteiger partial charge on any atom is -0.329 e. The third-order valence-corrected chi connectivity index (χ3v) is 2.51. The van der Waals surface area contributed by atoms with Gasteiger partial charge < -0.3 is 11.1 Å². The number of hydrogen-bond donors (Lipinski definition) is 2. The van der Waals surface area contributed by atoms with Crippen molar-refractivity contribution in [2.75, 3.05) is 13.1 Å². The molecular weight excluding hydrogens is 208 g/mol. The number of rotatable bonds is 5. The molecule has 0 aliphatic carbocycles. The lowest BCUT2D eigenvalue weighted by atomic mass is 10.1. The molecule has 0 aliphatic heterocycles. The third-order valence-electron chi connectivity index (χ3n) is 2.17. The van der Waals surface area contributed by atoms with Crippen molar-refractivity contribution in [2.45, 2.75) is 13.0 Å². The molecule has 1 atom stereocenters. The summed E-state index contributed by atoms with van der Waals surface area (Å²) in [5.74, 6) is 0. The van der Waals surface area contributed by atoms with Gasteiger partial charge in [-0.2, -0.15) is 0 Å². The minimum atomic E-state index is 0.0930. The molecule has 0 aliphatic rings. The van der Waals surface area contributed by atoms with E-state index >= 15 is 0 Å². The van der Waals surface area contributed by atoms with Crippen LogP contribution in [0.1, 0.15) is 18.5 Å². The summed E-state index contributed by atoms with van der Waals surface area (Å²) in [4.78, 5) is 0. The fourth-order valence-corrected chi connectivity index (χ4v) is 1.64. The van der Waals surface area contributed by atoms with Gasteiger partial charge in [0, 0.05) is 24.2 Å². The fraction of sp³-hybridized carbons (Fsp3) is 0.333. The Hall–Kier alpha value is -0.830. The van der Waals surface area contributed by atoms with Gasteiger partial charge in [0.15, 0.2) is 0 Å². The van der Waals surface area contributed by atoms with Crippen LogP contribution < -0.4 is 11.1 Å². The maximum atomic E-state index is 6.10. The van der Waals surface area contributed by atoms with Gasteiger partial charge in [-0.05, 0) is 18.6 Å². The molecule has 0 amide bonds. The van der Waals surface area contributed by atoms with Crippen LogP contribution in [0.2, 0.25) is 5.02 Å². The number of benzene rings is 1. The molecule has 0 aromatic heterocycles. The van der Waals surface area contributed by atoms with Crippen molar-refractivity contribution in [1.29, 1.82) is 0 Å². The summed E-state index contributed by atoms with van der Waals surface area (Å²) in [6.45, 7) is 7.10. The molecule has 0 fully saturated rings. The summed E-state index contributed by atoms with van der Waals surface area (Å²) in [7, 11) is 0. The van der Waals surface area contributed by atoms with Crippen molar-refractivity contribution < 1.29 is 0 Å². The maximum absolute atomic E-state index is 6.10. The molecule has 3 N–H and O–H groups in total. The van der Waals surface area contributed by atoms with Crippen molar-refractivity contribution in [1.82, 2.24) is 5.32 Å². The summed E-state index contributed by atoms with van der Waals surface area (Å²) >= 11 is 6.10. The molecule has 3 heteroatoms. The lowest BCUT2D eigenvalue weighted by Crippen LogP contribution is -2.29. The van der Waals surface area contributed by atoms with Gasteiger partial charge in [-0.15, -0.1) is 0 Å². The van der Waals surface area contributed by atoms with Crippen LogP contribution in [-0.2, 0) is 0 Å². The van der Waals surface area contributed by atoms with E-state index in [2.05, 4.69) is 11.9 Å². The molecule has 0 heterocycles. The molecule has 2 nitrogen and oxygen atoms in total. The van der Waals surface area contributed by atoms with E-state index in [0.29, 0.717) is 6.54 Å². The highest BCUT2D eigenvalue weighted by atomic mass is 35.5. The second kappa shape index (κ2) is 5.91. The van der Waals surface area contributed by atoms with Crippen LogP contribution in [0.25, 0.3) is 0 Å². The Morgan fingerprint density at radius 3 is 2.73 bits per heavy atom. The van der Waals surface area contributed by atoms with Crippen molar-refractivity contribution in [3.8, 4) is 0 Å². The van der Waals surface area contributed by atoms with Crippen molar-refractivity contribution in [3.63, 3.8) is 0 Å². The first-order valence-corrected chi connectivity index (χ1v) is 5.35. The Kier molecular flexibility index (Phi) is 4.82. The van der Waals surface area contributed by atoms with Crippen LogP contribution >= 0.6 is 11.6 Å². The normalized spacial score (nSPS) is 12.5. The van der Waals surface area contributed by atoms with Gasteiger partial charge in [0.05, 0.1) is 0 Å². The van der Waals surface area contributed by atoms with E-state index in [-0.39, 0.29) is 6.04 Å². The smallest absolute Gasteiger partial charge is 0.0461 e. The second-order valence-electron chi connectivity index (χ2n) is 3.65. The Morgan fingerprint density at radius 2 is 2.20 bits per heavy atom. The van der Waals surface area contributed by atoms with Gasteiger partial charge in [-0.1, -0.05) is 42.0 Å². The van der Waals surface area contributed by atoms with E-state index in [0.717, 1.165) is 22.7 Å². The quantitative estimate of drug-likeness (QED) is 0.755.